The fraction of sp³-hybridized carbons (Fsp3) is 0. The molecule has 26 heavy (non-hydrogen) atoms. The van der Waals surface area contributed by atoms with Gasteiger partial charge in [-0.1, -0.05) is 29.8 Å². The summed E-state index contributed by atoms with van der Waals surface area (Å²) in [4.78, 5) is 25.0. The number of nitrogens with one attached hydrogen (secondary N) is 2. The molecule has 0 aliphatic heterocycles. The molecule has 0 saturated carbocycles. The predicted molar refractivity (Wildman–Crippen MR) is 101 cm³/mol. The van der Waals surface area contributed by atoms with Crippen LogP contribution in [-0.2, 0) is 4.79 Å². The second-order valence-corrected chi connectivity index (χ2v) is 5.79. The van der Waals surface area contributed by atoms with E-state index in [2.05, 4.69) is 10.6 Å². The standard InChI is InChI=1S/C20H15ClN2O3/c21-15-8-10-16(11-9-15)22-20(25)18(13-17-7-4-12-26-17)23-19(24)14-5-2-1-3-6-14/h1-13H,(H,22,25)(H,23,24)/b18-13-. The molecule has 0 aliphatic carbocycles. The quantitative estimate of drug-likeness (QED) is 0.660. The molecule has 3 rings (SSSR count). The van der Waals surface area contributed by atoms with E-state index in [1.54, 1.807) is 60.7 Å². The van der Waals surface area contributed by atoms with Gasteiger partial charge in [0.15, 0.2) is 0 Å². The van der Waals surface area contributed by atoms with Crippen LogP contribution in [-0.4, -0.2) is 11.8 Å². The molecule has 3 aromatic rings. The van der Waals surface area contributed by atoms with Gasteiger partial charge in [-0.2, -0.15) is 0 Å². The van der Waals surface area contributed by atoms with E-state index in [0.717, 1.165) is 0 Å². The molecule has 0 bridgehead atoms. The molecule has 0 atom stereocenters. The fourth-order valence-corrected chi connectivity index (χ4v) is 2.32. The Morgan fingerprint density at radius 1 is 0.923 bits per heavy atom. The van der Waals surface area contributed by atoms with Crippen molar-refractivity contribution >= 4 is 35.2 Å². The molecule has 5 nitrogen and oxygen atoms in total. The number of carbonyl (C=O) groups excluding carboxylic acids is 2. The van der Waals surface area contributed by atoms with E-state index >= 15 is 0 Å². The first-order valence-corrected chi connectivity index (χ1v) is 8.18. The van der Waals surface area contributed by atoms with Gasteiger partial charge in [-0.15, -0.1) is 0 Å². The van der Waals surface area contributed by atoms with E-state index in [1.807, 2.05) is 6.07 Å². The molecule has 2 amide bonds. The van der Waals surface area contributed by atoms with E-state index in [0.29, 0.717) is 22.0 Å². The second-order valence-electron chi connectivity index (χ2n) is 5.35. The molecular formula is C20H15ClN2O3. The number of furan rings is 1. The van der Waals surface area contributed by atoms with Gasteiger partial charge in [-0.3, -0.25) is 9.59 Å². The highest BCUT2D eigenvalue weighted by atomic mass is 35.5. The fourth-order valence-electron chi connectivity index (χ4n) is 2.19. The van der Waals surface area contributed by atoms with Gasteiger partial charge in [-0.05, 0) is 48.5 Å². The van der Waals surface area contributed by atoms with E-state index in [-0.39, 0.29) is 5.70 Å². The second kappa shape index (κ2) is 8.18. The average Bonchev–Trinajstić information content (AvgIpc) is 3.17. The average molecular weight is 367 g/mol. The van der Waals surface area contributed by atoms with Crippen LogP contribution in [0.25, 0.3) is 6.08 Å². The predicted octanol–water partition coefficient (Wildman–Crippen LogP) is 4.34. The maximum Gasteiger partial charge on any atom is 0.272 e. The van der Waals surface area contributed by atoms with Crippen molar-refractivity contribution in [2.45, 2.75) is 0 Å². The highest BCUT2D eigenvalue weighted by molar-refractivity contribution is 6.30. The number of halogens is 1. The van der Waals surface area contributed by atoms with Crippen molar-refractivity contribution in [2.24, 2.45) is 0 Å². The third kappa shape index (κ3) is 4.62. The number of hydrogen-bond donors (Lipinski definition) is 2. The van der Waals surface area contributed by atoms with Gasteiger partial charge in [0.2, 0.25) is 0 Å². The van der Waals surface area contributed by atoms with Gasteiger partial charge in [0, 0.05) is 22.3 Å². The maximum absolute atomic E-state index is 12.6. The Morgan fingerprint density at radius 2 is 1.65 bits per heavy atom. The summed E-state index contributed by atoms with van der Waals surface area (Å²) in [7, 11) is 0. The van der Waals surface area contributed by atoms with Crippen LogP contribution in [0.2, 0.25) is 5.02 Å². The van der Waals surface area contributed by atoms with Crippen molar-refractivity contribution in [3.05, 3.63) is 95.0 Å². The summed E-state index contributed by atoms with van der Waals surface area (Å²) in [6.07, 6.45) is 2.95. The zero-order valence-corrected chi connectivity index (χ0v) is 14.4. The van der Waals surface area contributed by atoms with Gasteiger partial charge in [0.05, 0.1) is 6.26 Å². The Hall–Kier alpha value is -3.31. The molecule has 2 N–H and O–H groups in total. The topological polar surface area (TPSA) is 71.3 Å². The van der Waals surface area contributed by atoms with Crippen LogP contribution >= 0.6 is 11.6 Å². The zero-order chi connectivity index (χ0) is 18.4. The Balaban J connectivity index is 1.82. The first-order chi connectivity index (χ1) is 12.6. The first-order valence-electron chi connectivity index (χ1n) is 7.80. The van der Waals surface area contributed by atoms with Crippen molar-refractivity contribution in [1.29, 1.82) is 0 Å². The zero-order valence-electron chi connectivity index (χ0n) is 13.6. The van der Waals surface area contributed by atoms with E-state index < -0.39 is 11.8 Å². The lowest BCUT2D eigenvalue weighted by Crippen LogP contribution is -2.30. The minimum atomic E-state index is -0.479. The van der Waals surface area contributed by atoms with Crippen molar-refractivity contribution < 1.29 is 14.0 Å². The number of anilines is 1. The number of rotatable bonds is 5. The first kappa shape index (κ1) is 17.5. The molecule has 0 spiro atoms. The summed E-state index contributed by atoms with van der Waals surface area (Å²) in [5, 5.41) is 5.91. The smallest absolute Gasteiger partial charge is 0.272 e. The maximum atomic E-state index is 12.6. The van der Waals surface area contributed by atoms with Gasteiger partial charge in [0.25, 0.3) is 11.8 Å². The highest BCUT2D eigenvalue weighted by Gasteiger charge is 2.15. The summed E-state index contributed by atoms with van der Waals surface area (Å²) in [5.41, 5.74) is 1.06. The van der Waals surface area contributed by atoms with Gasteiger partial charge < -0.3 is 15.1 Å². The van der Waals surface area contributed by atoms with E-state index in [9.17, 15) is 9.59 Å². The van der Waals surface area contributed by atoms with E-state index in [4.69, 9.17) is 16.0 Å². The molecule has 1 aromatic heterocycles. The Labute approximate surface area is 155 Å². The largest absolute Gasteiger partial charge is 0.465 e. The monoisotopic (exact) mass is 366 g/mol. The van der Waals surface area contributed by atoms with Crippen molar-refractivity contribution in [2.75, 3.05) is 5.32 Å². The lowest BCUT2D eigenvalue weighted by atomic mass is 10.2. The van der Waals surface area contributed by atoms with Crippen LogP contribution < -0.4 is 10.6 Å². The van der Waals surface area contributed by atoms with Crippen molar-refractivity contribution in [3.8, 4) is 0 Å². The SMILES string of the molecule is O=C(Nc1ccc(Cl)cc1)/C(=C/c1ccco1)NC(=O)c1ccccc1. The Bertz CT molecular complexity index is 917. The van der Waals surface area contributed by atoms with Gasteiger partial charge >= 0.3 is 0 Å². The van der Waals surface area contributed by atoms with Crippen LogP contribution in [0.5, 0.6) is 0 Å². The summed E-state index contributed by atoms with van der Waals surface area (Å²) in [5.74, 6) is -0.428. The number of amides is 2. The van der Waals surface area contributed by atoms with Crippen LogP contribution in [0.3, 0.4) is 0 Å². The number of benzene rings is 2. The normalized spacial score (nSPS) is 11.0. The number of hydrogen-bond acceptors (Lipinski definition) is 3. The lowest BCUT2D eigenvalue weighted by molar-refractivity contribution is -0.113. The van der Waals surface area contributed by atoms with Crippen LogP contribution in [0.4, 0.5) is 5.69 Å². The third-order valence-electron chi connectivity index (χ3n) is 3.46. The Kier molecular flexibility index (Phi) is 5.51. The Morgan fingerprint density at radius 3 is 2.31 bits per heavy atom. The van der Waals surface area contributed by atoms with Crippen LogP contribution in [0, 0.1) is 0 Å². The molecule has 130 valence electrons. The summed E-state index contributed by atoms with van der Waals surface area (Å²) in [6, 6.07) is 18.7. The molecule has 0 unspecified atom stereocenters. The highest BCUT2D eigenvalue weighted by Crippen LogP contribution is 2.15. The van der Waals surface area contributed by atoms with Crippen molar-refractivity contribution in [1.82, 2.24) is 5.32 Å². The molecule has 0 aliphatic rings. The number of carbonyl (C=O) groups is 2. The molecule has 2 aromatic carbocycles. The van der Waals surface area contributed by atoms with Crippen LogP contribution in [0.1, 0.15) is 16.1 Å². The molecule has 0 fully saturated rings. The van der Waals surface area contributed by atoms with Crippen molar-refractivity contribution in [3.63, 3.8) is 0 Å². The lowest BCUT2D eigenvalue weighted by Gasteiger charge is -2.11. The molecule has 1 heterocycles. The minimum Gasteiger partial charge on any atom is -0.465 e. The molecule has 6 heteroatoms. The third-order valence-corrected chi connectivity index (χ3v) is 3.71. The van der Waals surface area contributed by atoms with Gasteiger partial charge in [0.1, 0.15) is 11.5 Å². The van der Waals surface area contributed by atoms with Gasteiger partial charge in [-0.25, -0.2) is 0 Å². The molecule has 0 radical (unpaired) electrons. The summed E-state index contributed by atoms with van der Waals surface area (Å²) < 4.78 is 5.24. The van der Waals surface area contributed by atoms with E-state index in [1.165, 1.54) is 12.3 Å². The summed E-state index contributed by atoms with van der Waals surface area (Å²) >= 11 is 5.85. The summed E-state index contributed by atoms with van der Waals surface area (Å²) in [6.45, 7) is 0. The molecular weight excluding hydrogens is 352 g/mol. The molecule has 0 saturated heterocycles. The minimum absolute atomic E-state index is 0.0590. The van der Waals surface area contributed by atoms with Crippen LogP contribution in [0.15, 0.2) is 83.1 Å².